The van der Waals surface area contributed by atoms with E-state index in [-0.39, 0.29) is 17.9 Å². The van der Waals surface area contributed by atoms with E-state index in [9.17, 15) is 20.0 Å². The molecule has 1 aliphatic carbocycles. The van der Waals surface area contributed by atoms with Gasteiger partial charge in [-0.05, 0) is 37.8 Å². The van der Waals surface area contributed by atoms with Gasteiger partial charge in [0, 0.05) is 12.5 Å². The molecule has 114 valence electrons. The SMILES string of the molecule is Cc1ccc([N+](=O)[O-])c(OC2CCCC(N)(C(=O)O)C2)c1. The smallest absolute Gasteiger partial charge is 0.323 e. The topological polar surface area (TPSA) is 116 Å². The monoisotopic (exact) mass is 294 g/mol. The molecule has 2 unspecified atom stereocenters. The van der Waals surface area contributed by atoms with Crippen molar-refractivity contribution in [3.63, 3.8) is 0 Å². The number of benzene rings is 1. The molecule has 2 rings (SSSR count). The molecule has 1 fully saturated rings. The zero-order chi connectivity index (χ0) is 15.6. The fraction of sp³-hybridized carbons (Fsp3) is 0.500. The first-order chi connectivity index (χ1) is 9.82. The Hall–Kier alpha value is -2.15. The summed E-state index contributed by atoms with van der Waals surface area (Å²) in [6.45, 7) is 1.81. The summed E-state index contributed by atoms with van der Waals surface area (Å²) in [4.78, 5) is 21.7. The second-order valence-electron chi connectivity index (χ2n) is 5.53. The maximum atomic E-state index is 11.2. The number of carboxylic acids is 1. The molecular weight excluding hydrogens is 276 g/mol. The van der Waals surface area contributed by atoms with Crippen molar-refractivity contribution in [3.05, 3.63) is 33.9 Å². The molecule has 21 heavy (non-hydrogen) atoms. The Bertz CT molecular complexity index is 574. The Balaban J connectivity index is 2.20. The quantitative estimate of drug-likeness (QED) is 0.648. The molecule has 0 aromatic heterocycles. The maximum Gasteiger partial charge on any atom is 0.323 e. The molecule has 1 aromatic carbocycles. The lowest BCUT2D eigenvalue weighted by Crippen LogP contribution is -2.53. The molecule has 0 aliphatic heterocycles. The van der Waals surface area contributed by atoms with Gasteiger partial charge in [0.15, 0.2) is 5.75 Å². The Kier molecular flexibility index (Phi) is 4.13. The van der Waals surface area contributed by atoms with Gasteiger partial charge in [-0.1, -0.05) is 6.07 Å². The zero-order valence-electron chi connectivity index (χ0n) is 11.7. The van der Waals surface area contributed by atoms with Gasteiger partial charge in [-0.15, -0.1) is 0 Å². The first kappa shape index (κ1) is 15.2. The van der Waals surface area contributed by atoms with E-state index in [1.165, 1.54) is 6.07 Å². The van der Waals surface area contributed by atoms with Crippen LogP contribution in [0.25, 0.3) is 0 Å². The summed E-state index contributed by atoms with van der Waals surface area (Å²) in [5.74, 6) is -0.894. The zero-order valence-corrected chi connectivity index (χ0v) is 11.7. The van der Waals surface area contributed by atoms with Crippen LogP contribution < -0.4 is 10.5 Å². The molecule has 0 radical (unpaired) electrons. The summed E-state index contributed by atoms with van der Waals surface area (Å²) in [7, 11) is 0. The van der Waals surface area contributed by atoms with E-state index in [0.29, 0.717) is 19.3 Å². The summed E-state index contributed by atoms with van der Waals surface area (Å²) in [5, 5.41) is 20.2. The molecule has 3 N–H and O–H groups in total. The molecule has 0 saturated heterocycles. The van der Waals surface area contributed by atoms with Crippen LogP contribution in [-0.4, -0.2) is 27.6 Å². The summed E-state index contributed by atoms with van der Waals surface area (Å²) in [5.41, 5.74) is 5.26. The van der Waals surface area contributed by atoms with Gasteiger partial charge in [0.05, 0.1) is 4.92 Å². The number of rotatable bonds is 4. The third-order valence-electron chi connectivity index (χ3n) is 3.77. The van der Waals surface area contributed by atoms with Crippen molar-refractivity contribution in [1.82, 2.24) is 0 Å². The molecule has 7 nitrogen and oxygen atoms in total. The molecule has 1 saturated carbocycles. The molecular formula is C14H18N2O5. The lowest BCUT2D eigenvalue weighted by Gasteiger charge is -2.34. The molecule has 2 atom stereocenters. The van der Waals surface area contributed by atoms with Gasteiger partial charge >= 0.3 is 11.7 Å². The standard InChI is InChI=1S/C14H18N2O5/c1-9-4-5-11(16(19)20)12(7-9)21-10-3-2-6-14(15,8-10)13(17)18/h4-5,7,10H,2-3,6,8,15H2,1H3,(H,17,18). The number of ether oxygens (including phenoxy) is 1. The van der Waals surface area contributed by atoms with Crippen LogP contribution >= 0.6 is 0 Å². The normalized spacial score (nSPS) is 25.3. The van der Waals surface area contributed by atoms with Crippen molar-refractivity contribution in [1.29, 1.82) is 0 Å². The molecule has 0 spiro atoms. The van der Waals surface area contributed by atoms with Crippen LogP contribution in [0.1, 0.15) is 31.2 Å². The number of nitro groups is 1. The molecule has 0 heterocycles. The van der Waals surface area contributed by atoms with Crippen molar-refractivity contribution in [2.45, 2.75) is 44.2 Å². The summed E-state index contributed by atoms with van der Waals surface area (Å²) < 4.78 is 5.69. The van der Waals surface area contributed by atoms with Gasteiger partial charge in [0.25, 0.3) is 0 Å². The van der Waals surface area contributed by atoms with Crippen molar-refractivity contribution in [2.24, 2.45) is 5.73 Å². The Morgan fingerprint density at radius 1 is 1.57 bits per heavy atom. The lowest BCUT2D eigenvalue weighted by molar-refractivity contribution is -0.386. The summed E-state index contributed by atoms with van der Waals surface area (Å²) >= 11 is 0. The van der Waals surface area contributed by atoms with Crippen LogP contribution in [0.5, 0.6) is 5.75 Å². The van der Waals surface area contributed by atoms with E-state index in [0.717, 1.165) is 5.56 Å². The fourth-order valence-electron chi connectivity index (χ4n) is 2.60. The van der Waals surface area contributed by atoms with Gasteiger partial charge < -0.3 is 15.6 Å². The highest BCUT2D eigenvalue weighted by atomic mass is 16.6. The van der Waals surface area contributed by atoms with Crippen LogP contribution in [0.4, 0.5) is 5.69 Å². The Morgan fingerprint density at radius 3 is 2.90 bits per heavy atom. The molecule has 1 aliphatic rings. The number of aliphatic carboxylic acids is 1. The lowest BCUT2D eigenvalue weighted by atomic mass is 9.81. The minimum absolute atomic E-state index is 0.121. The molecule has 0 bridgehead atoms. The predicted octanol–water partition coefficient (Wildman–Crippen LogP) is 2.01. The van der Waals surface area contributed by atoms with E-state index >= 15 is 0 Å². The molecule has 0 amide bonds. The number of aryl methyl sites for hydroxylation is 1. The largest absolute Gasteiger partial charge is 0.483 e. The van der Waals surface area contributed by atoms with E-state index in [2.05, 4.69) is 0 Å². The number of hydrogen-bond acceptors (Lipinski definition) is 5. The van der Waals surface area contributed by atoms with Gasteiger partial charge in [-0.25, -0.2) is 0 Å². The third kappa shape index (κ3) is 3.30. The van der Waals surface area contributed by atoms with Gasteiger partial charge in [-0.2, -0.15) is 0 Å². The van der Waals surface area contributed by atoms with Crippen molar-refractivity contribution >= 4 is 11.7 Å². The van der Waals surface area contributed by atoms with Gasteiger partial charge in [0.2, 0.25) is 0 Å². The summed E-state index contributed by atoms with van der Waals surface area (Å²) in [6, 6.07) is 4.61. The van der Waals surface area contributed by atoms with Crippen LogP contribution in [0.15, 0.2) is 18.2 Å². The maximum absolute atomic E-state index is 11.2. The number of nitrogens with zero attached hydrogens (tertiary/aromatic N) is 1. The second-order valence-corrected chi connectivity index (χ2v) is 5.53. The Labute approximate surface area is 121 Å². The first-order valence-corrected chi connectivity index (χ1v) is 6.76. The average Bonchev–Trinajstić information content (AvgIpc) is 2.38. The molecule has 7 heteroatoms. The minimum atomic E-state index is -1.32. The predicted molar refractivity (Wildman–Crippen MR) is 75.3 cm³/mol. The van der Waals surface area contributed by atoms with Gasteiger partial charge in [0.1, 0.15) is 11.6 Å². The van der Waals surface area contributed by atoms with E-state index < -0.39 is 22.5 Å². The van der Waals surface area contributed by atoms with E-state index in [4.69, 9.17) is 10.5 Å². The van der Waals surface area contributed by atoms with Crippen LogP contribution in [-0.2, 0) is 4.79 Å². The van der Waals surface area contributed by atoms with Crippen LogP contribution in [0, 0.1) is 17.0 Å². The highest BCUT2D eigenvalue weighted by molar-refractivity contribution is 5.78. The highest BCUT2D eigenvalue weighted by Gasteiger charge is 2.40. The number of hydrogen-bond donors (Lipinski definition) is 2. The number of nitrogens with two attached hydrogens (primary N) is 1. The van der Waals surface area contributed by atoms with E-state index in [1.54, 1.807) is 12.1 Å². The first-order valence-electron chi connectivity index (χ1n) is 6.76. The second kappa shape index (κ2) is 5.69. The highest BCUT2D eigenvalue weighted by Crippen LogP contribution is 2.34. The summed E-state index contributed by atoms with van der Waals surface area (Å²) in [6.07, 6.45) is 1.36. The number of nitro benzene ring substituents is 1. The fourth-order valence-corrected chi connectivity index (χ4v) is 2.60. The molecule has 1 aromatic rings. The van der Waals surface area contributed by atoms with Crippen molar-refractivity contribution in [3.8, 4) is 5.75 Å². The van der Waals surface area contributed by atoms with E-state index in [1.807, 2.05) is 6.92 Å². The average molecular weight is 294 g/mol. The number of carboxylic acid groups (broad SMARTS) is 1. The van der Waals surface area contributed by atoms with Crippen LogP contribution in [0.2, 0.25) is 0 Å². The van der Waals surface area contributed by atoms with Crippen molar-refractivity contribution < 1.29 is 19.6 Å². The third-order valence-corrected chi connectivity index (χ3v) is 3.77. The minimum Gasteiger partial charge on any atom is -0.483 e. The van der Waals surface area contributed by atoms with Crippen molar-refractivity contribution in [2.75, 3.05) is 0 Å². The Morgan fingerprint density at radius 2 is 2.29 bits per heavy atom. The van der Waals surface area contributed by atoms with Gasteiger partial charge in [-0.3, -0.25) is 14.9 Å². The van der Waals surface area contributed by atoms with Crippen LogP contribution in [0.3, 0.4) is 0 Å². The number of carbonyl (C=O) groups is 1.